The minimum absolute atomic E-state index is 0. The second-order valence-electron chi connectivity index (χ2n) is 14.8. The molecule has 0 fully saturated rings. The third kappa shape index (κ3) is 46.4. The van der Waals surface area contributed by atoms with Crippen molar-refractivity contribution in [1.82, 2.24) is 0 Å². The van der Waals surface area contributed by atoms with Gasteiger partial charge in [-0.2, -0.15) is 92.8 Å². The number of hydrogen-bond acceptors (Lipinski definition) is 11. The van der Waals surface area contributed by atoms with Crippen LogP contribution >= 0.6 is 107 Å². The summed E-state index contributed by atoms with van der Waals surface area (Å²) < 4.78 is 254. The molecule has 1 N–H and O–H groups in total. The van der Waals surface area contributed by atoms with Gasteiger partial charge in [-0.3, -0.25) is 0 Å². The summed E-state index contributed by atoms with van der Waals surface area (Å²) in [5.41, 5.74) is 0. The molecule has 0 amide bonds. The van der Waals surface area contributed by atoms with E-state index in [9.17, 15) is 74.6 Å². The topological polar surface area (TPSA) is 113 Å². The van der Waals surface area contributed by atoms with Crippen LogP contribution in [0.5, 0.6) is 28.7 Å². The second-order valence-corrected chi connectivity index (χ2v) is 26.3. The van der Waals surface area contributed by atoms with Gasteiger partial charge in [0.15, 0.2) is 0 Å². The summed E-state index contributed by atoms with van der Waals surface area (Å²) in [6.45, 7) is 13.6. The van der Waals surface area contributed by atoms with E-state index in [1.165, 1.54) is 86.5 Å². The van der Waals surface area contributed by atoms with Crippen LogP contribution in [-0.4, -0.2) is 105 Å². The molecule has 520 valence electrons. The van der Waals surface area contributed by atoms with Crippen LogP contribution in [0.1, 0.15) is 49.0 Å². The fraction of sp³-hybridized carbons (Fsp3) is 0.321. The predicted molar refractivity (Wildman–Crippen MR) is 335 cm³/mol. The number of rotatable bonds is 23. The Labute approximate surface area is 622 Å². The molecule has 0 aliphatic carbocycles. The number of benzene rings is 5. The van der Waals surface area contributed by atoms with Crippen LogP contribution in [0.4, 0.5) is 74.6 Å². The van der Waals surface area contributed by atoms with Crippen LogP contribution in [0.25, 0.3) is 0 Å². The molecule has 0 unspecified atom stereocenters. The van der Waals surface area contributed by atoms with Gasteiger partial charge in [0.05, 0.1) is 0 Å². The largest absolute Gasteiger partial charge is 2.00 e. The zero-order valence-corrected chi connectivity index (χ0v) is 66.4. The van der Waals surface area contributed by atoms with Crippen molar-refractivity contribution in [3.8, 4) is 28.7 Å². The number of halogens is 25. The van der Waals surface area contributed by atoms with Crippen LogP contribution in [0.3, 0.4) is 0 Å². The van der Waals surface area contributed by atoms with Crippen molar-refractivity contribution in [3.63, 3.8) is 0 Å². The molecular formula is C53H55Br7ClF17MgO11Si2Zn. The van der Waals surface area contributed by atoms with E-state index < -0.39 is 73.8 Å². The van der Waals surface area contributed by atoms with E-state index in [1.54, 1.807) is 85.2 Å². The van der Waals surface area contributed by atoms with E-state index in [1.807, 2.05) is 26.8 Å². The van der Waals surface area contributed by atoms with Crippen molar-refractivity contribution in [2.45, 2.75) is 69.6 Å². The normalized spacial score (nSPS) is 10.7. The van der Waals surface area contributed by atoms with E-state index >= 15 is 0 Å². The van der Waals surface area contributed by atoms with Gasteiger partial charge in [-0.15, -0.1) is 12.1 Å². The second kappa shape index (κ2) is 53.3. The van der Waals surface area contributed by atoms with Gasteiger partial charge in [0.1, 0.15) is 23.0 Å². The van der Waals surface area contributed by atoms with Gasteiger partial charge in [0, 0.05) is 99.4 Å². The Balaban J connectivity index is -0.000000242. The van der Waals surface area contributed by atoms with Crippen LogP contribution in [0.2, 0.25) is 0 Å². The summed E-state index contributed by atoms with van der Waals surface area (Å²) in [6.07, 6.45) is -12.1. The third-order valence-corrected chi connectivity index (χ3v) is 17.6. The average Bonchev–Trinajstić information content (AvgIpc) is 0.951. The Morgan fingerprint density at radius 1 is 0.473 bits per heavy atom. The molecule has 0 aromatic heterocycles. The average molecular weight is 1930 g/mol. The van der Waals surface area contributed by atoms with Gasteiger partial charge in [-0.25, -0.2) is 0 Å². The summed E-state index contributed by atoms with van der Waals surface area (Å²) in [7, 11) is -5.96. The zero-order chi connectivity index (χ0) is 68.8. The van der Waals surface area contributed by atoms with E-state index in [4.69, 9.17) is 42.7 Å². The standard InChI is InChI=1S/C14H19F3O4Si.C8H4Br2F4O.C8H4BrF3O.C8H4F3O.C6H5BrO.C6H15ClO3Si.C2Br2F4.CH4.BrH.Mg.Zn/c1-4-18-22(19-5-2,20-6-3)12-9-7-8-11(10-12)21-14(17)13(15)16;9-5-2-1-3-6(4-5)15-8(13,14)7(10,11)12;9-5-2-1-3-6(4-5)13-8(12)7(10)11;9-7(10)8(11)12-6-4-2-1-3-5-6;7-5-2-1-3-6(8)4-5;1-4-8-11(7,9-5-2)10-6-3;3-1(5,6)2(4,7)8;;;;/h7-10H,4-6H2,1-3H3;1-4H;1-4H;1-2,4-5H;1-4,8H;4-6H2,1-3H3;;1H4;1H;;/q;;;-1;;;;;;+2;/p-1. The van der Waals surface area contributed by atoms with Crippen molar-refractivity contribution in [1.29, 1.82) is 0 Å². The molecule has 11 nitrogen and oxygen atoms in total. The van der Waals surface area contributed by atoms with Gasteiger partial charge < -0.3 is 67.6 Å². The van der Waals surface area contributed by atoms with Crippen molar-refractivity contribution >= 4 is 152 Å². The summed E-state index contributed by atoms with van der Waals surface area (Å²) in [6, 6.07) is 26.6. The fourth-order valence-electron chi connectivity index (χ4n) is 4.95. The summed E-state index contributed by atoms with van der Waals surface area (Å²) >= 11 is 19.7. The van der Waals surface area contributed by atoms with Crippen LogP contribution in [-0.2, 0) is 46.0 Å². The molecule has 5 aromatic rings. The molecule has 0 saturated heterocycles. The molecule has 0 bridgehead atoms. The number of phenolic OH excluding ortho intramolecular Hbond substituents is 1. The van der Waals surface area contributed by atoms with Crippen molar-refractivity contribution in [2.24, 2.45) is 0 Å². The number of phenols is 1. The molecule has 0 spiro atoms. The molecule has 5 aromatic carbocycles. The molecule has 40 heteroatoms. The van der Waals surface area contributed by atoms with E-state index in [0.29, 0.717) is 59.5 Å². The fourth-order valence-corrected chi connectivity index (χ4v) is 10.9. The molecule has 0 atom stereocenters. The Bertz CT molecular complexity index is 2840. The SMILES string of the molecule is C.CCO[Si](Cl)(OCC)OCC.CCO[Si](OCC)(OCC)c1cccc(OC(F)=C(F)F)c1.FC(F)(Br)C(F)(F)Br.FC(F)(Br)C(F)(F)Oc1cccc(Br)c1.FC(F)=C(F)Oc1c[c-]ccc1.FC(F)=C(F)Oc1cccc(Br)c1.Oc1cccc(Br)c1.[Br-].[Mg+2].[Zn]. The first-order chi connectivity index (χ1) is 41.2. The van der Waals surface area contributed by atoms with Gasteiger partial charge in [-0.05, 0) is 140 Å². The smallest absolute Gasteiger partial charge is 1.00 e. The van der Waals surface area contributed by atoms with Crippen molar-refractivity contribution < 1.29 is 162 Å². The molecular weight excluding hydrogens is 1880 g/mol. The first kappa shape index (κ1) is 102. The monoisotopic (exact) mass is 1920 g/mol. The molecule has 93 heavy (non-hydrogen) atoms. The molecule has 5 rings (SSSR count). The Hall–Kier alpha value is -1.64. The number of alkyl halides is 11. The first-order valence-electron chi connectivity index (χ1n) is 24.2. The molecule has 0 radical (unpaired) electrons. The predicted octanol–water partition coefficient (Wildman–Crippen LogP) is 18.7. The first-order valence-corrected chi connectivity index (χ1v) is 33.4. The van der Waals surface area contributed by atoms with Crippen molar-refractivity contribution in [2.75, 3.05) is 39.6 Å². The molecule has 0 saturated carbocycles. The maximum Gasteiger partial charge on any atom is 2.00 e. The van der Waals surface area contributed by atoms with Crippen molar-refractivity contribution in [3.05, 3.63) is 177 Å². The maximum absolute atomic E-state index is 12.9. The number of ether oxygens (including phenoxy) is 4. The van der Waals surface area contributed by atoms with Gasteiger partial charge in [0.2, 0.25) is 0 Å². The third-order valence-electron chi connectivity index (χ3n) is 8.19. The van der Waals surface area contributed by atoms with Crippen LogP contribution in [0.15, 0.2) is 171 Å². The molecule has 0 aliphatic heterocycles. The zero-order valence-electron chi connectivity index (χ0n) is 48.2. The van der Waals surface area contributed by atoms with Gasteiger partial charge in [0.25, 0.3) is 0 Å². The van der Waals surface area contributed by atoms with E-state index in [2.05, 4.69) is 72.8 Å². The van der Waals surface area contributed by atoms with Gasteiger partial charge >= 0.3 is 96.9 Å². The summed E-state index contributed by atoms with van der Waals surface area (Å²) in [5, 5.41) is 9.30. The Morgan fingerprint density at radius 2 is 0.796 bits per heavy atom. The maximum atomic E-state index is 12.9. The quantitative estimate of drug-likeness (QED) is 0.0168. The number of hydrogen-bond donors (Lipinski definition) is 1. The van der Waals surface area contributed by atoms with E-state index in [0.717, 1.165) is 16.6 Å². The Kier molecular flexibility index (Phi) is 58.7. The summed E-state index contributed by atoms with van der Waals surface area (Å²) in [5.74, 6) is -0.144. The molecule has 0 heterocycles. The van der Waals surface area contributed by atoms with Gasteiger partial charge in [-0.1, -0.05) is 96.6 Å². The molecule has 0 aliphatic rings. The van der Waals surface area contributed by atoms with Crippen LogP contribution in [0, 0.1) is 6.07 Å². The van der Waals surface area contributed by atoms with Crippen LogP contribution < -0.4 is 41.1 Å². The summed E-state index contributed by atoms with van der Waals surface area (Å²) in [4.78, 5) is -12.7. The Morgan fingerprint density at radius 3 is 1.10 bits per heavy atom. The minimum Gasteiger partial charge on any atom is -1.00 e. The minimum atomic E-state index is -4.60. The number of aromatic hydroxyl groups is 1. The van der Waals surface area contributed by atoms with E-state index in [-0.39, 0.29) is 89.9 Å².